The maximum absolute atomic E-state index is 7.42. The molecule has 3 rings (SSSR count). The fourth-order valence-electron chi connectivity index (χ4n) is 2.15. The van der Waals surface area contributed by atoms with Gasteiger partial charge in [-0.25, -0.2) is 9.97 Å². The third-order valence-corrected chi connectivity index (χ3v) is 3.86. The summed E-state index contributed by atoms with van der Waals surface area (Å²) in [6.45, 7) is 0. The molecule has 0 radical (unpaired) electrons. The molecule has 0 saturated carbocycles. The highest BCUT2D eigenvalue weighted by Gasteiger charge is 2.13. The first-order valence-electron chi connectivity index (χ1n) is 6.36. The highest BCUT2D eigenvalue weighted by Crippen LogP contribution is 2.34. The SMILES string of the molecule is COc1cc(N)c(C=N)cc1Nc1ncnc2[nH]cc(Br)c12. The van der Waals surface area contributed by atoms with Crippen LogP contribution >= 0.6 is 15.9 Å². The molecule has 7 nitrogen and oxygen atoms in total. The summed E-state index contributed by atoms with van der Waals surface area (Å²) in [7, 11) is 1.56. The minimum atomic E-state index is 0.480. The van der Waals surface area contributed by atoms with Gasteiger partial charge in [-0.3, -0.25) is 0 Å². The maximum Gasteiger partial charge on any atom is 0.144 e. The van der Waals surface area contributed by atoms with Gasteiger partial charge in [-0.2, -0.15) is 0 Å². The van der Waals surface area contributed by atoms with E-state index >= 15 is 0 Å². The molecule has 5 N–H and O–H groups in total. The Balaban J connectivity index is 2.12. The molecule has 8 heteroatoms. The normalized spacial score (nSPS) is 10.6. The number of rotatable bonds is 4. The van der Waals surface area contributed by atoms with E-state index in [1.165, 1.54) is 12.5 Å². The fraction of sp³-hybridized carbons (Fsp3) is 0.0714. The quantitative estimate of drug-likeness (QED) is 0.421. The lowest BCUT2D eigenvalue weighted by atomic mass is 10.1. The predicted molar refractivity (Wildman–Crippen MR) is 90.2 cm³/mol. The van der Waals surface area contributed by atoms with Crippen LogP contribution in [-0.2, 0) is 0 Å². The minimum Gasteiger partial charge on any atom is -0.494 e. The van der Waals surface area contributed by atoms with Crippen molar-refractivity contribution in [1.82, 2.24) is 15.0 Å². The Labute approximate surface area is 134 Å². The van der Waals surface area contributed by atoms with Gasteiger partial charge in [0, 0.05) is 34.2 Å². The Hall–Kier alpha value is -2.61. The number of aromatic amines is 1. The zero-order valence-corrected chi connectivity index (χ0v) is 13.2. The number of hydrogen-bond acceptors (Lipinski definition) is 6. The molecule has 0 aliphatic rings. The number of ether oxygens (including phenoxy) is 1. The van der Waals surface area contributed by atoms with Gasteiger partial charge in [0.25, 0.3) is 0 Å². The molecular formula is C14H13BrN6O. The van der Waals surface area contributed by atoms with Gasteiger partial charge in [-0.05, 0) is 22.0 Å². The van der Waals surface area contributed by atoms with Crippen LogP contribution in [0, 0.1) is 5.41 Å². The van der Waals surface area contributed by atoms with E-state index in [4.69, 9.17) is 15.9 Å². The summed E-state index contributed by atoms with van der Waals surface area (Å²) in [6, 6.07) is 3.42. The van der Waals surface area contributed by atoms with Crippen LogP contribution in [0.4, 0.5) is 17.2 Å². The van der Waals surface area contributed by atoms with E-state index in [0.29, 0.717) is 34.2 Å². The van der Waals surface area contributed by atoms with Crippen LogP contribution in [0.1, 0.15) is 5.56 Å². The molecule has 0 bridgehead atoms. The van der Waals surface area contributed by atoms with E-state index in [1.54, 1.807) is 25.4 Å². The number of hydrogen-bond donors (Lipinski definition) is 4. The number of nitrogens with two attached hydrogens (primary N) is 1. The molecule has 0 saturated heterocycles. The van der Waals surface area contributed by atoms with Crippen molar-refractivity contribution >= 4 is 50.4 Å². The number of halogens is 1. The van der Waals surface area contributed by atoms with Crippen LogP contribution < -0.4 is 15.8 Å². The largest absolute Gasteiger partial charge is 0.494 e. The first kappa shape index (κ1) is 14.3. The number of aromatic nitrogens is 3. The molecular weight excluding hydrogens is 348 g/mol. The first-order valence-corrected chi connectivity index (χ1v) is 7.16. The van der Waals surface area contributed by atoms with E-state index in [1.807, 2.05) is 0 Å². The summed E-state index contributed by atoms with van der Waals surface area (Å²) in [6.07, 6.45) is 4.46. The first-order chi connectivity index (χ1) is 10.6. The molecule has 2 heterocycles. The molecule has 0 spiro atoms. The van der Waals surface area contributed by atoms with Crippen molar-refractivity contribution in [2.45, 2.75) is 0 Å². The summed E-state index contributed by atoms with van der Waals surface area (Å²) in [5, 5.41) is 11.5. The van der Waals surface area contributed by atoms with Gasteiger partial charge >= 0.3 is 0 Å². The number of anilines is 3. The minimum absolute atomic E-state index is 0.480. The summed E-state index contributed by atoms with van der Waals surface area (Å²) in [5.41, 5.74) is 8.33. The number of nitrogen functional groups attached to an aromatic ring is 1. The number of fused-ring (bicyclic) bond motifs is 1. The Kier molecular flexibility index (Phi) is 3.68. The molecule has 0 fully saturated rings. The third-order valence-electron chi connectivity index (χ3n) is 3.24. The molecule has 0 atom stereocenters. The standard InChI is InChI=1S/C14H13BrN6O/c1-22-11-3-9(17)7(4-16)2-10(11)21-14-12-8(15)5-18-13(12)19-6-20-14/h2-6,16H,17H2,1H3,(H2,18,19,20,21). The van der Waals surface area contributed by atoms with E-state index in [-0.39, 0.29) is 0 Å². The average Bonchev–Trinajstić information content (AvgIpc) is 2.91. The molecule has 0 unspecified atom stereocenters. The van der Waals surface area contributed by atoms with Gasteiger partial charge in [0.05, 0.1) is 18.2 Å². The van der Waals surface area contributed by atoms with Crippen molar-refractivity contribution in [3.63, 3.8) is 0 Å². The monoisotopic (exact) mass is 360 g/mol. The van der Waals surface area contributed by atoms with Gasteiger partial charge in [0.1, 0.15) is 23.5 Å². The molecule has 2 aromatic heterocycles. The highest BCUT2D eigenvalue weighted by atomic mass is 79.9. The van der Waals surface area contributed by atoms with Crippen LogP contribution in [0.15, 0.2) is 29.1 Å². The summed E-state index contributed by atoms with van der Waals surface area (Å²) >= 11 is 3.47. The number of H-pyrrole nitrogens is 1. The van der Waals surface area contributed by atoms with E-state index in [9.17, 15) is 0 Å². The maximum atomic E-state index is 7.42. The van der Waals surface area contributed by atoms with Gasteiger partial charge in [-0.1, -0.05) is 0 Å². The van der Waals surface area contributed by atoms with Crippen LogP contribution in [0.25, 0.3) is 11.0 Å². The average molecular weight is 361 g/mol. The lowest BCUT2D eigenvalue weighted by Gasteiger charge is -2.13. The number of nitrogens with zero attached hydrogens (tertiary/aromatic N) is 2. The Morgan fingerprint density at radius 3 is 2.95 bits per heavy atom. The van der Waals surface area contributed by atoms with Crippen LogP contribution in [-0.4, -0.2) is 28.3 Å². The van der Waals surface area contributed by atoms with E-state index < -0.39 is 0 Å². The molecule has 0 aliphatic heterocycles. The predicted octanol–water partition coefficient (Wildman–Crippen LogP) is 3.05. The number of nitrogens with one attached hydrogen (secondary N) is 3. The molecule has 3 aromatic rings. The van der Waals surface area contributed by atoms with Gasteiger partial charge in [0.15, 0.2) is 0 Å². The third kappa shape index (κ3) is 2.37. The van der Waals surface area contributed by atoms with Gasteiger partial charge < -0.3 is 26.2 Å². The summed E-state index contributed by atoms with van der Waals surface area (Å²) in [5.74, 6) is 1.19. The Morgan fingerprint density at radius 2 is 2.23 bits per heavy atom. The highest BCUT2D eigenvalue weighted by molar-refractivity contribution is 9.10. The lowest BCUT2D eigenvalue weighted by molar-refractivity contribution is 0.417. The van der Waals surface area contributed by atoms with Gasteiger partial charge in [0.2, 0.25) is 0 Å². The van der Waals surface area contributed by atoms with Crippen molar-refractivity contribution in [3.8, 4) is 5.75 Å². The van der Waals surface area contributed by atoms with Crippen molar-refractivity contribution in [2.75, 3.05) is 18.2 Å². The topological polar surface area (TPSA) is 113 Å². The molecule has 112 valence electrons. The molecule has 0 amide bonds. The second kappa shape index (κ2) is 5.64. The molecule has 22 heavy (non-hydrogen) atoms. The Morgan fingerprint density at radius 1 is 1.41 bits per heavy atom. The summed E-state index contributed by atoms with van der Waals surface area (Å²) in [4.78, 5) is 11.5. The number of methoxy groups -OCH3 is 1. The Bertz CT molecular complexity index is 860. The van der Waals surface area contributed by atoms with Crippen LogP contribution in [0.5, 0.6) is 5.75 Å². The van der Waals surface area contributed by atoms with Crippen molar-refractivity contribution in [2.24, 2.45) is 0 Å². The van der Waals surface area contributed by atoms with Crippen molar-refractivity contribution in [3.05, 3.63) is 34.7 Å². The molecule has 0 aliphatic carbocycles. The van der Waals surface area contributed by atoms with E-state index in [0.717, 1.165) is 9.86 Å². The van der Waals surface area contributed by atoms with Crippen molar-refractivity contribution in [1.29, 1.82) is 5.41 Å². The second-order valence-electron chi connectivity index (χ2n) is 4.53. The van der Waals surface area contributed by atoms with Gasteiger partial charge in [-0.15, -0.1) is 0 Å². The van der Waals surface area contributed by atoms with Crippen LogP contribution in [0.3, 0.4) is 0 Å². The lowest BCUT2D eigenvalue weighted by Crippen LogP contribution is -2.01. The zero-order chi connectivity index (χ0) is 15.7. The zero-order valence-electron chi connectivity index (χ0n) is 11.6. The second-order valence-corrected chi connectivity index (χ2v) is 5.39. The number of benzene rings is 1. The summed E-state index contributed by atoms with van der Waals surface area (Å²) < 4.78 is 6.20. The van der Waals surface area contributed by atoms with Crippen molar-refractivity contribution < 1.29 is 4.74 Å². The smallest absolute Gasteiger partial charge is 0.144 e. The van der Waals surface area contributed by atoms with Crippen LogP contribution in [0.2, 0.25) is 0 Å². The fourth-order valence-corrected chi connectivity index (χ4v) is 2.64. The molecule has 1 aromatic carbocycles. The van der Waals surface area contributed by atoms with E-state index in [2.05, 4.69) is 36.2 Å².